The minimum atomic E-state index is -4.25. The number of hydrogen-bond donors (Lipinski definition) is 0. The first-order valence-electron chi connectivity index (χ1n) is 10.1. The molecule has 2 heterocycles. The van der Waals surface area contributed by atoms with Crippen molar-refractivity contribution in [3.05, 3.63) is 71.3 Å². The molecule has 0 saturated carbocycles. The summed E-state index contributed by atoms with van der Waals surface area (Å²) in [4.78, 5) is 8.60. The number of aromatic nitrogens is 3. The summed E-state index contributed by atoms with van der Waals surface area (Å²) < 4.78 is 65.7. The Hall–Kier alpha value is -3.15. The molecule has 0 aliphatic rings. The van der Waals surface area contributed by atoms with Crippen molar-refractivity contribution in [1.29, 1.82) is 0 Å². The molecule has 2 aromatic heterocycles. The zero-order valence-electron chi connectivity index (χ0n) is 18.9. The van der Waals surface area contributed by atoms with E-state index in [2.05, 4.69) is 9.97 Å². The van der Waals surface area contributed by atoms with Crippen molar-refractivity contribution in [3.8, 4) is 11.5 Å². The van der Waals surface area contributed by atoms with Crippen LogP contribution in [-0.2, 0) is 27.0 Å². The van der Waals surface area contributed by atoms with Crippen molar-refractivity contribution in [3.63, 3.8) is 0 Å². The molecule has 1 unspecified atom stereocenters. The summed E-state index contributed by atoms with van der Waals surface area (Å²) in [7, 11) is -1.23. The molecule has 0 radical (unpaired) electrons. The standard InChI is InChI=1S/C23H22FN3O5S2/c1-14-12-25-20(15(2)22(14)32-4)13-33(28)23-26-19-11-17(31-3)7-10-21(19)27(23)34(29,30)18-8-5-16(24)6-9-18/h5-12H,13H2,1-4H3. The summed E-state index contributed by atoms with van der Waals surface area (Å²) in [5, 5.41) is -0.173. The van der Waals surface area contributed by atoms with E-state index >= 15 is 0 Å². The highest BCUT2D eigenvalue weighted by Crippen LogP contribution is 2.31. The second-order valence-corrected chi connectivity index (χ2v) is 10.6. The molecule has 0 aliphatic heterocycles. The number of pyridine rings is 1. The van der Waals surface area contributed by atoms with Gasteiger partial charge in [-0.2, -0.15) is 8.96 Å². The third kappa shape index (κ3) is 4.22. The number of methoxy groups -OCH3 is 2. The number of aryl methyl sites for hydroxylation is 1. The van der Waals surface area contributed by atoms with Gasteiger partial charge in [-0.3, -0.25) is 4.98 Å². The van der Waals surface area contributed by atoms with E-state index in [4.69, 9.17) is 9.47 Å². The largest absolute Gasteiger partial charge is 0.609 e. The van der Waals surface area contributed by atoms with Crippen LogP contribution in [0.4, 0.5) is 4.39 Å². The third-order valence-corrected chi connectivity index (χ3v) is 8.41. The molecule has 0 bridgehead atoms. The Balaban J connectivity index is 1.88. The normalized spacial score (nSPS) is 12.6. The minimum absolute atomic E-state index is 0.0815. The number of halogens is 1. The molecule has 0 amide bonds. The molecule has 0 fully saturated rings. The van der Waals surface area contributed by atoms with E-state index in [1.165, 1.54) is 20.3 Å². The monoisotopic (exact) mass is 503 g/mol. The molecule has 4 aromatic rings. The van der Waals surface area contributed by atoms with Gasteiger partial charge in [-0.05, 0) is 50.2 Å². The molecule has 0 saturated heterocycles. The summed E-state index contributed by atoms with van der Waals surface area (Å²) in [6.07, 6.45) is 1.61. The number of nitrogens with zero attached hydrogens (tertiary/aromatic N) is 3. The van der Waals surface area contributed by atoms with Crippen LogP contribution in [0.1, 0.15) is 16.8 Å². The lowest BCUT2D eigenvalue weighted by molar-refractivity contribution is 0.407. The number of hydrogen-bond acceptors (Lipinski definition) is 7. The van der Waals surface area contributed by atoms with Crippen LogP contribution in [0.2, 0.25) is 0 Å². The van der Waals surface area contributed by atoms with Crippen LogP contribution in [0, 0.1) is 19.7 Å². The average molecular weight is 504 g/mol. The van der Waals surface area contributed by atoms with Crippen molar-refractivity contribution in [2.24, 2.45) is 0 Å². The Kier molecular flexibility index (Phi) is 6.52. The highest BCUT2D eigenvalue weighted by molar-refractivity contribution is 7.93. The Labute approximate surface area is 199 Å². The number of rotatable bonds is 7. The van der Waals surface area contributed by atoms with E-state index in [1.807, 2.05) is 6.92 Å². The van der Waals surface area contributed by atoms with Gasteiger partial charge in [-0.15, -0.1) is 0 Å². The van der Waals surface area contributed by atoms with Crippen LogP contribution in [0.5, 0.6) is 11.5 Å². The average Bonchev–Trinajstić information content (AvgIpc) is 3.21. The molecular formula is C23H22FN3O5S2. The molecule has 2 aromatic carbocycles. The predicted molar refractivity (Wildman–Crippen MR) is 126 cm³/mol. The van der Waals surface area contributed by atoms with Crippen LogP contribution >= 0.6 is 0 Å². The van der Waals surface area contributed by atoms with Crippen LogP contribution in [0.25, 0.3) is 11.0 Å². The van der Waals surface area contributed by atoms with Crippen LogP contribution in [-0.4, -0.2) is 41.1 Å². The molecule has 1 atom stereocenters. The van der Waals surface area contributed by atoms with Gasteiger partial charge in [0.05, 0.1) is 35.8 Å². The van der Waals surface area contributed by atoms with E-state index in [0.29, 0.717) is 28.3 Å². The number of ether oxygens (including phenoxy) is 2. The van der Waals surface area contributed by atoms with Gasteiger partial charge in [-0.25, -0.2) is 12.8 Å². The lowest BCUT2D eigenvalue weighted by Gasteiger charge is -2.15. The zero-order valence-corrected chi connectivity index (χ0v) is 20.5. The zero-order chi connectivity index (χ0) is 24.6. The Bertz CT molecular complexity index is 1470. The van der Waals surface area contributed by atoms with Gasteiger partial charge in [0, 0.05) is 34.6 Å². The molecule has 4 rings (SSSR count). The number of imidazole rings is 1. The van der Waals surface area contributed by atoms with Crippen LogP contribution in [0.15, 0.2) is 58.7 Å². The molecule has 0 spiro atoms. The lowest BCUT2D eigenvalue weighted by Crippen LogP contribution is -2.20. The minimum Gasteiger partial charge on any atom is -0.609 e. The van der Waals surface area contributed by atoms with Crippen LogP contribution in [0.3, 0.4) is 0 Å². The summed E-state index contributed by atoms with van der Waals surface area (Å²) >= 11 is -1.90. The summed E-state index contributed by atoms with van der Waals surface area (Å²) in [6, 6.07) is 9.10. The molecular weight excluding hydrogens is 481 g/mol. The number of benzene rings is 2. The molecule has 0 aliphatic carbocycles. The number of fused-ring (bicyclic) bond motifs is 1. The SMILES string of the molecule is COc1ccc2c(c1)nc([S+]([O-])Cc1ncc(C)c(OC)c1C)n2S(=O)(=O)c1ccc(F)cc1. The lowest BCUT2D eigenvalue weighted by atomic mass is 10.1. The van der Waals surface area contributed by atoms with Crippen molar-refractivity contribution < 1.29 is 26.8 Å². The van der Waals surface area contributed by atoms with Gasteiger partial charge in [0.25, 0.3) is 10.0 Å². The highest BCUT2D eigenvalue weighted by atomic mass is 32.2. The van der Waals surface area contributed by atoms with Gasteiger partial charge >= 0.3 is 5.16 Å². The first-order chi connectivity index (χ1) is 16.2. The molecule has 8 nitrogen and oxygen atoms in total. The van der Waals surface area contributed by atoms with E-state index < -0.39 is 27.0 Å². The molecule has 34 heavy (non-hydrogen) atoms. The van der Waals surface area contributed by atoms with Gasteiger partial charge < -0.3 is 14.0 Å². The highest BCUT2D eigenvalue weighted by Gasteiger charge is 2.32. The van der Waals surface area contributed by atoms with Crippen molar-refractivity contribution in [1.82, 2.24) is 13.9 Å². The maximum absolute atomic E-state index is 13.6. The Morgan fingerprint density at radius 3 is 2.44 bits per heavy atom. The van der Waals surface area contributed by atoms with Gasteiger partial charge in [0.2, 0.25) is 0 Å². The van der Waals surface area contributed by atoms with E-state index in [9.17, 15) is 17.4 Å². The third-order valence-electron chi connectivity index (χ3n) is 5.36. The smallest absolute Gasteiger partial charge is 0.338 e. The molecule has 11 heteroatoms. The first kappa shape index (κ1) is 24.0. The fourth-order valence-corrected chi connectivity index (χ4v) is 6.68. The quantitative estimate of drug-likeness (QED) is 0.354. The van der Waals surface area contributed by atoms with E-state index in [-0.39, 0.29) is 21.3 Å². The maximum atomic E-state index is 13.6. The predicted octanol–water partition coefficient (Wildman–Crippen LogP) is 3.75. The second kappa shape index (κ2) is 9.24. The van der Waals surface area contributed by atoms with E-state index in [1.54, 1.807) is 25.3 Å². The first-order valence-corrected chi connectivity index (χ1v) is 12.9. The summed E-state index contributed by atoms with van der Waals surface area (Å²) in [6.45, 7) is 3.65. The molecule has 178 valence electrons. The fourth-order valence-electron chi connectivity index (χ4n) is 3.64. The van der Waals surface area contributed by atoms with Crippen LogP contribution < -0.4 is 9.47 Å². The topological polar surface area (TPSA) is 106 Å². The van der Waals surface area contributed by atoms with Gasteiger partial charge in [0.1, 0.15) is 17.3 Å². The second-order valence-electron chi connectivity index (χ2n) is 7.51. The summed E-state index contributed by atoms with van der Waals surface area (Å²) in [5.74, 6) is 0.438. The Morgan fingerprint density at radius 2 is 1.79 bits per heavy atom. The summed E-state index contributed by atoms with van der Waals surface area (Å²) in [5.41, 5.74) is 2.55. The van der Waals surface area contributed by atoms with Crippen molar-refractivity contribution in [2.45, 2.75) is 29.7 Å². The fraction of sp³-hybridized carbons (Fsp3) is 0.217. The van der Waals surface area contributed by atoms with Gasteiger partial charge in [-0.1, -0.05) is 0 Å². The Morgan fingerprint density at radius 1 is 1.09 bits per heavy atom. The van der Waals surface area contributed by atoms with Gasteiger partial charge in [0.15, 0.2) is 5.75 Å². The van der Waals surface area contributed by atoms with Crippen molar-refractivity contribution in [2.75, 3.05) is 14.2 Å². The maximum Gasteiger partial charge on any atom is 0.338 e. The molecule has 0 N–H and O–H groups in total. The van der Waals surface area contributed by atoms with Crippen molar-refractivity contribution >= 4 is 32.2 Å². The van der Waals surface area contributed by atoms with E-state index in [0.717, 1.165) is 33.8 Å².